The number of carbonyl (C=O) groups is 1. The van der Waals surface area contributed by atoms with E-state index in [9.17, 15) is 9.90 Å². The lowest BCUT2D eigenvalue weighted by molar-refractivity contribution is 0.00447. The molecule has 3 aromatic rings. The van der Waals surface area contributed by atoms with E-state index >= 15 is 0 Å². The van der Waals surface area contributed by atoms with Crippen LogP contribution in [0.25, 0.3) is 10.9 Å². The predicted molar refractivity (Wildman–Crippen MR) is 128 cm³/mol. The van der Waals surface area contributed by atoms with Crippen molar-refractivity contribution < 1.29 is 24.1 Å². The Morgan fingerprint density at radius 3 is 2.91 bits per heavy atom. The number of methoxy groups -OCH3 is 1. The van der Waals surface area contributed by atoms with Crippen molar-refractivity contribution in [1.29, 1.82) is 0 Å². The predicted octanol–water partition coefficient (Wildman–Crippen LogP) is 0.678. The van der Waals surface area contributed by atoms with Gasteiger partial charge in [0.15, 0.2) is 11.5 Å². The maximum absolute atomic E-state index is 12.7. The number of carbonyl (C=O) groups excluding carboxylic acids is 1. The third-order valence-electron chi connectivity index (χ3n) is 6.02. The molecule has 2 aliphatic heterocycles. The molecule has 4 heterocycles. The minimum atomic E-state index is -0.665. The van der Waals surface area contributed by atoms with Crippen molar-refractivity contribution in [3.63, 3.8) is 0 Å². The number of ether oxygens (including phenoxy) is 3. The number of nitrogens with one attached hydrogen (secondary N) is 1. The highest BCUT2D eigenvalue weighted by molar-refractivity contribution is 5.96. The number of β-amino-alcohol motifs (C(OH)–C–C–N with tert-alkyl or cyclic N) is 1. The average Bonchev–Trinajstić information content (AvgIpc) is 3.39. The number of nitrogens with zero attached hydrogens (tertiary/aromatic N) is 5. The molecule has 2 N–H and O–H groups in total. The Morgan fingerprint density at radius 2 is 2.14 bits per heavy atom. The van der Waals surface area contributed by atoms with E-state index < -0.39 is 12.0 Å². The van der Waals surface area contributed by atoms with Gasteiger partial charge in [0.05, 0.1) is 25.9 Å². The van der Waals surface area contributed by atoms with Crippen LogP contribution in [0.2, 0.25) is 0 Å². The van der Waals surface area contributed by atoms with Gasteiger partial charge in [-0.1, -0.05) is 0 Å². The minimum absolute atomic E-state index is 0.105. The molecular weight excluding hydrogens is 452 g/mol. The zero-order valence-corrected chi connectivity index (χ0v) is 19.5. The molecule has 35 heavy (non-hydrogen) atoms. The molecular formula is C24H28N6O5. The molecule has 1 amide bonds. The Labute approximate surface area is 202 Å². The van der Waals surface area contributed by atoms with Gasteiger partial charge in [0.1, 0.15) is 24.0 Å². The summed E-state index contributed by atoms with van der Waals surface area (Å²) in [4.78, 5) is 27.8. The Kier molecular flexibility index (Phi) is 6.89. The molecule has 184 valence electrons. The van der Waals surface area contributed by atoms with E-state index in [1.54, 1.807) is 25.4 Å². The standard InChI is InChI=1S/C24H28N6O5/c1-33-21-19(35-15-17(31)14-29-9-11-34-12-10-29)5-4-18-20(21)27-24(30-8-7-26-22(18)30)28-23(32)16-3-2-6-25-13-16/h2-6,13,17,26,31H,7-12,14-15H2,1H3/t17-/m0/s1. The van der Waals surface area contributed by atoms with Gasteiger partial charge < -0.3 is 24.6 Å². The second kappa shape index (κ2) is 10.4. The van der Waals surface area contributed by atoms with Crippen LogP contribution >= 0.6 is 0 Å². The van der Waals surface area contributed by atoms with E-state index in [-0.39, 0.29) is 12.2 Å². The molecule has 11 heteroatoms. The number of aliphatic hydroxyl groups is 1. The first-order valence-corrected chi connectivity index (χ1v) is 11.6. The Balaban J connectivity index is 1.46. The highest BCUT2D eigenvalue weighted by Crippen LogP contribution is 2.37. The highest BCUT2D eigenvalue weighted by atomic mass is 16.5. The average molecular weight is 481 g/mol. The quantitative estimate of drug-likeness (QED) is 0.502. The number of fused-ring (bicyclic) bond motifs is 3. The van der Waals surface area contributed by atoms with Gasteiger partial charge in [0, 0.05) is 50.5 Å². The van der Waals surface area contributed by atoms with Crippen molar-refractivity contribution in [2.75, 3.05) is 58.4 Å². The lowest BCUT2D eigenvalue weighted by Gasteiger charge is -2.28. The number of aliphatic hydroxyl groups excluding tert-OH is 1. The Bertz CT molecular complexity index is 1270. The summed E-state index contributed by atoms with van der Waals surface area (Å²) < 4.78 is 18.9. The van der Waals surface area contributed by atoms with Crippen molar-refractivity contribution in [1.82, 2.24) is 19.4 Å². The number of aromatic nitrogens is 3. The van der Waals surface area contributed by atoms with E-state index in [0.717, 1.165) is 24.3 Å². The molecule has 1 aromatic carbocycles. The first kappa shape index (κ1) is 23.2. The van der Waals surface area contributed by atoms with Crippen molar-refractivity contribution in [2.24, 2.45) is 4.99 Å². The fraction of sp³-hybridized carbons (Fsp3) is 0.417. The lowest BCUT2D eigenvalue weighted by Crippen LogP contribution is -2.42. The van der Waals surface area contributed by atoms with E-state index in [4.69, 9.17) is 14.2 Å². The number of hydrogen-bond donors (Lipinski definition) is 2. The molecule has 2 aromatic heterocycles. The van der Waals surface area contributed by atoms with E-state index in [1.165, 1.54) is 6.20 Å². The SMILES string of the molecule is COc1c(OC[C@@H](O)CN2CCOCC2)ccc2c3n(c(=NC(=O)c4cccnc4)nc12)CCN3. The summed E-state index contributed by atoms with van der Waals surface area (Å²) >= 11 is 0. The summed E-state index contributed by atoms with van der Waals surface area (Å²) in [5.74, 6) is 1.26. The summed E-state index contributed by atoms with van der Waals surface area (Å²) in [6, 6.07) is 7.06. The smallest absolute Gasteiger partial charge is 0.281 e. The molecule has 0 unspecified atom stereocenters. The molecule has 1 fully saturated rings. The summed E-state index contributed by atoms with van der Waals surface area (Å²) in [5, 5.41) is 14.7. The maximum atomic E-state index is 12.7. The molecule has 0 bridgehead atoms. The van der Waals surface area contributed by atoms with Crippen LogP contribution in [-0.4, -0.2) is 89.7 Å². The molecule has 0 spiro atoms. The third-order valence-corrected chi connectivity index (χ3v) is 6.02. The van der Waals surface area contributed by atoms with Crippen LogP contribution in [0.3, 0.4) is 0 Å². The van der Waals surface area contributed by atoms with Gasteiger partial charge in [0.2, 0.25) is 5.62 Å². The van der Waals surface area contributed by atoms with Gasteiger partial charge in [-0.2, -0.15) is 4.99 Å². The minimum Gasteiger partial charge on any atom is -0.491 e. The van der Waals surface area contributed by atoms with Crippen LogP contribution in [0.4, 0.5) is 5.82 Å². The van der Waals surface area contributed by atoms with Crippen LogP contribution in [0.5, 0.6) is 11.5 Å². The Hall–Kier alpha value is -3.54. The number of amides is 1. The van der Waals surface area contributed by atoms with Crippen molar-refractivity contribution >= 4 is 22.6 Å². The fourth-order valence-corrected chi connectivity index (χ4v) is 4.31. The molecule has 0 saturated carbocycles. The number of anilines is 1. The van der Waals surface area contributed by atoms with Crippen molar-refractivity contribution in [3.05, 3.63) is 47.8 Å². The second-order valence-corrected chi connectivity index (χ2v) is 8.37. The molecule has 0 aliphatic carbocycles. The second-order valence-electron chi connectivity index (χ2n) is 8.37. The van der Waals surface area contributed by atoms with Gasteiger partial charge in [-0.3, -0.25) is 19.2 Å². The fourth-order valence-electron chi connectivity index (χ4n) is 4.31. The first-order valence-electron chi connectivity index (χ1n) is 11.6. The van der Waals surface area contributed by atoms with Gasteiger partial charge in [-0.15, -0.1) is 0 Å². The van der Waals surface area contributed by atoms with Crippen LogP contribution in [0.1, 0.15) is 10.4 Å². The number of morpholine rings is 1. The lowest BCUT2D eigenvalue weighted by atomic mass is 10.2. The summed E-state index contributed by atoms with van der Waals surface area (Å²) in [6.07, 6.45) is 2.41. The molecule has 1 saturated heterocycles. The van der Waals surface area contributed by atoms with Gasteiger partial charge in [0.25, 0.3) is 5.91 Å². The summed E-state index contributed by atoms with van der Waals surface area (Å²) in [7, 11) is 1.54. The first-order chi connectivity index (χ1) is 17.1. The largest absolute Gasteiger partial charge is 0.491 e. The summed E-state index contributed by atoms with van der Waals surface area (Å²) in [6.45, 7) is 4.86. The molecule has 0 radical (unpaired) electrons. The zero-order chi connectivity index (χ0) is 24.2. The van der Waals surface area contributed by atoms with E-state index in [0.29, 0.717) is 55.4 Å². The van der Waals surface area contributed by atoms with E-state index in [1.807, 2.05) is 16.7 Å². The van der Waals surface area contributed by atoms with Gasteiger partial charge in [-0.25, -0.2) is 4.98 Å². The third kappa shape index (κ3) is 4.97. The molecule has 2 aliphatic rings. The number of rotatable bonds is 7. The van der Waals surface area contributed by atoms with Crippen molar-refractivity contribution in [2.45, 2.75) is 12.6 Å². The van der Waals surface area contributed by atoms with Crippen LogP contribution in [0.15, 0.2) is 41.7 Å². The number of pyridine rings is 1. The zero-order valence-electron chi connectivity index (χ0n) is 19.5. The van der Waals surface area contributed by atoms with E-state index in [2.05, 4.69) is 25.2 Å². The van der Waals surface area contributed by atoms with Crippen molar-refractivity contribution in [3.8, 4) is 11.5 Å². The topological polar surface area (TPSA) is 123 Å². The summed E-state index contributed by atoms with van der Waals surface area (Å²) in [5.41, 5.74) is 1.17. The number of hydrogen-bond acceptors (Lipinski definition) is 9. The monoisotopic (exact) mass is 480 g/mol. The maximum Gasteiger partial charge on any atom is 0.281 e. The van der Waals surface area contributed by atoms with Crippen LogP contribution in [0, 0.1) is 0 Å². The molecule has 11 nitrogen and oxygen atoms in total. The van der Waals surface area contributed by atoms with Gasteiger partial charge in [-0.05, 0) is 24.3 Å². The highest BCUT2D eigenvalue weighted by Gasteiger charge is 2.22. The van der Waals surface area contributed by atoms with Crippen LogP contribution < -0.4 is 20.4 Å². The Morgan fingerprint density at radius 1 is 1.29 bits per heavy atom. The molecule has 5 rings (SSSR count). The van der Waals surface area contributed by atoms with Crippen LogP contribution in [-0.2, 0) is 11.3 Å². The van der Waals surface area contributed by atoms with Gasteiger partial charge >= 0.3 is 0 Å². The normalized spacial score (nSPS) is 17.1. The number of benzene rings is 1. The molecule has 1 atom stereocenters.